The molecule has 0 spiro atoms. The minimum Gasteiger partial charge on any atom is -0.469 e. The minimum absolute atomic E-state index is 0.172. The largest absolute Gasteiger partial charge is 0.469 e. The van der Waals surface area contributed by atoms with Crippen molar-refractivity contribution >= 4 is 5.97 Å². The van der Waals surface area contributed by atoms with Crippen LogP contribution in [0.1, 0.15) is 12.8 Å². The summed E-state index contributed by atoms with van der Waals surface area (Å²) >= 11 is 0. The number of ether oxygens (including phenoxy) is 4. The molecule has 0 saturated heterocycles. The average Bonchev–Trinajstić information content (AvgIpc) is 2.39. The predicted molar refractivity (Wildman–Crippen MR) is 67.3 cm³/mol. The zero-order chi connectivity index (χ0) is 13.6. The molecule has 0 fully saturated rings. The van der Waals surface area contributed by atoms with Crippen LogP contribution in [0.3, 0.4) is 0 Å². The summed E-state index contributed by atoms with van der Waals surface area (Å²) in [6.45, 7) is 3.18. The van der Waals surface area contributed by atoms with Gasteiger partial charge in [0.05, 0.1) is 39.5 Å². The quantitative estimate of drug-likeness (QED) is 0.400. The van der Waals surface area contributed by atoms with E-state index in [9.17, 15) is 4.79 Å². The van der Waals surface area contributed by atoms with Gasteiger partial charge in [0.25, 0.3) is 0 Å². The third-order valence-corrected chi connectivity index (χ3v) is 2.46. The number of rotatable bonds is 12. The molecule has 6 heteroatoms. The summed E-state index contributed by atoms with van der Waals surface area (Å²) < 4.78 is 20.1. The number of hydrogen-bond donors (Lipinski definition) is 1. The fourth-order valence-electron chi connectivity index (χ4n) is 1.44. The summed E-state index contributed by atoms with van der Waals surface area (Å²) in [6, 6.07) is 0. The molecule has 0 aliphatic carbocycles. The molecule has 0 radical (unpaired) electrons. The van der Waals surface area contributed by atoms with Crippen LogP contribution in [-0.4, -0.2) is 59.8 Å². The van der Waals surface area contributed by atoms with E-state index in [0.717, 1.165) is 0 Å². The maximum Gasteiger partial charge on any atom is 0.308 e. The lowest BCUT2D eigenvalue weighted by atomic mass is 10.0. The van der Waals surface area contributed by atoms with E-state index in [4.69, 9.17) is 24.7 Å². The van der Waals surface area contributed by atoms with E-state index in [2.05, 4.69) is 0 Å². The fraction of sp³-hybridized carbons (Fsp3) is 0.917. The molecule has 1 atom stereocenters. The first-order valence-electron chi connectivity index (χ1n) is 6.18. The van der Waals surface area contributed by atoms with Gasteiger partial charge < -0.3 is 24.7 Å². The number of esters is 1. The molecular weight excluding hydrogens is 238 g/mol. The predicted octanol–water partition coefficient (Wildman–Crippen LogP) is 0.194. The molecule has 0 bridgehead atoms. The van der Waals surface area contributed by atoms with Crippen LogP contribution in [0, 0.1) is 5.92 Å². The second-order valence-electron chi connectivity index (χ2n) is 3.80. The summed E-state index contributed by atoms with van der Waals surface area (Å²) in [5.74, 6) is -0.394. The molecule has 0 amide bonds. The smallest absolute Gasteiger partial charge is 0.308 e. The van der Waals surface area contributed by atoms with Crippen LogP contribution < -0.4 is 5.73 Å². The van der Waals surface area contributed by atoms with Crippen LogP contribution in [0.15, 0.2) is 0 Å². The molecule has 0 rings (SSSR count). The number of carbonyl (C=O) groups excluding carboxylic acids is 1. The zero-order valence-electron chi connectivity index (χ0n) is 11.4. The molecule has 0 saturated carbocycles. The topological polar surface area (TPSA) is 80.0 Å². The fourth-order valence-corrected chi connectivity index (χ4v) is 1.44. The van der Waals surface area contributed by atoms with Crippen LogP contribution in [0.5, 0.6) is 0 Å². The van der Waals surface area contributed by atoms with E-state index < -0.39 is 0 Å². The maximum absolute atomic E-state index is 11.4. The molecule has 0 aliphatic heterocycles. The van der Waals surface area contributed by atoms with Gasteiger partial charge in [0.15, 0.2) is 0 Å². The van der Waals surface area contributed by atoms with Crippen molar-refractivity contribution in [3.8, 4) is 0 Å². The summed E-state index contributed by atoms with van der Waals surface area (Å²) in [7, 11) is 3.01. The van der Waals surface area contributed by atoms with Crippen molar-refractivity contribution in [2.24, 2.45) is 11.7 Å². The van der Waals surface area contributed by atoms with Crippen LogP contribution in [-0.2, 0) is 23.7 Å². The first kappa shape index (κ1) is 17.3. The van der Waals surface area contributed by atoms with Gasteiger partial charge in [-0.2, -0.15) is 0 Å². The monoisotopic (exact) mass is 263 g/mol. The Morgan fingerprint density at radius 2 is 1.61 bits per heavy atom. The van der Waals surface area contributed by atoms with E-state index in [1.54, 1.807) is 7.11 Å². The molecular formula is C12H25NO5. The van der Waals surface area contributed by atoms with Crippen LogP contribution in [0.2, 0.25) is 0 Å². The van der Waals surface area contributed by atoms with E-state index in [0.29, 0.717) is 52.4 Å². The van der Waals surface area contributed by atoms with E-state index in [1.165, 1.54) is 7.11 Å². The summed E-state index contributed by atoms with van der Waals surface area (Å²) in [5.41, 5.74) is 5.44. The average molecular weight is 263 g/mol. The Morgan fingerprint density at radius 3 is 2.17 bits per heavy atom. The summed E-state index contributed by atoms with van der Waals surface area (Å²) in [6.07, 6.45) is 1.25. The molecule has 0 heterocycles. The highest BCUT2D eigenvalue weighted by Crippen LogP contribution is 2.09. The van der Waals surface area contributed by atoms with Crippen molar-refractivity contribution in [1.82, 2.24) is 0 Å². The van der Waals surface area contributed by atoms with Gasteiger partial charge >= 0.3 is 5.97 Å². The van der Waals surface area contributed by atoms with Crippen LogP contribution in [0.4, 0.5) is 0 Å². The Morgan fingerprint density at radius 1 is 1.00 bits per heavy atom. The first-order chi connectivity index (χ1) is 8.76. The highest BCUT2D eigenvalue weighted by Gasteiger charge is 2.17. The molecule has 18 heavy (non-hydrogen) atoms. The van der Waals surface area contributed by atoms with Crippen LogP contribution in [0.25, 0.3) is 0 Å². The van der Waals surface area contributed by atoms with Gasteiger partial charge in [-0.3, -0.25) is 4.79 Å². The first-order valence-corrected chi connectivity index (χ1v) is 6.18. The molecule has 108 valence electrons. The van der Waals surface area contributed by atoms with Gasteiger partial charge in [-0.1, -0.05) is 0 Å². The second-order valence-corrected chi connectivity index (χ2v) is 3.80. The number of hydrogen-bond acceptors (Lipinski definition) is 6. The summed E-state index contributed by atoms with van der Waals surface area (Å²) in [4.78, 5) is 11.4. The van der Waals surface area contributed by atoms with E-state index in [-0.39, 0.29) is 11.9 Å². The third-order valence-electron chi connectivity index (χ3n) is 2.46. The third kappa shape index (κ3) is 9.35. The second kappa shape index (κ2) is 12.8. The molecule has 1 unspecified atom stereocenters. The number of methoxy groups -OCH3 is 2. The van der Waals surface area contributed by atoms with Crippen molar-refractivity contribution in [2.45, 2.75) is 12.8 Å². The Labute approximate surface area is 109 Å². The molecule has 0 aliphatic rings. The van der Waals surface area contributed by atoms with E-state index in [1.807, 2.05) is 0 Å². The Bertz CT molecular complexity index is 201. The van der Waals surface area contributed by atoms with Crippen molar-refractivity contribution in [3.63, 3.8) is 0 Å². The Kier molecular flexibility index (Phi) is 12.3. The standard InChI is InChI=1S/C12H25NO5/c1-15-7-8-18-10-9-17-6-4-11(3-5-13)12(14)16-2/h11H,3-10,13H2,1-2H3. The maximum atomic E-state index is 11.4. The minimum atomic E-state index is -0.222. The Hall–Kier alpha value is -0.690. The lowest BCUT2D eigenvalue weighted by Gasteiger charge is -2.13. The van der Waals surface area contributed by atoms with Gasteiger partial charge in [0.2, 0.25) is 0 Å². The molecule has 0 aromatic carbocycles. The number of nitrogens with two attached hydrogens (primary N) is 1. The van der Waals surface area contributed by atoms with Crippen molar-refractivity contribution in [3.05, 3.63) is 0 Å². The van der Waals surface area contributed by atoms with Gasteiger partial charge in [0, 0.05) is 13.7 Å². The van der Waals surface area contributed by atoms with Gasteiger partial charge in [-0.25, -0.2) is 0 Å². The van der Waals surface area contributed by atoms with Gasteiger partial charge in [-0.05, 0) is 19.4 Å². The SMILES string of the molecule is COCCOCCOCCC(CCN)C(=O)OC. The Balaban J connectivity index is 3.46. The lowest BCUT2D eigenvalue weighted by molar-refractivity contribution is -0.146. The van der Waals surface area contributed by atoms with Gasteiger partial charge in [-0.15, -0.1) is 0 Å². The van der Waals surface area contributed by atoms with Crippen LogP contribution >= 0.6 is 0 Å². The zero-order valence-corrected chi connectivity index (χ0v) is 11.4. The molecule has 6 nitrogen and oxygen atoms in total. The normalized spacial score (nSPS) is 12.4. The highest BCUT2D eigenvalue weighted by molar-refractivity contribution is 5.72. The lowest BCUT2D eigenvalue weighted by Crippen LogP contribution is -2.22. The number of carbonyl (C=O) groups is 1. The molecule has 0 aromatic rings. The van der Waals surface area contributed by atoms with Crippen molar-refractivity contribution < 1.29 is 23.7 Å². The highest BCUT2D eigenvalue weighted by atomic mass is 16.5. The summed E-state index contributed by atoms with van der Waals surface area (Å²) in [5, 5.41) is 0. The van der Waals surface area contributed by atoms with E-state index >= 15 is 0 Å². The van der Waals surface area contributed by atoms with Crippen molar-refractivity contribution in [2.75, 3.05) is 53.8 Å². The molecule has 0 aromatic heterocycles. The van der Waals surface area contributed by atoms with Gasteiger partial charge in [0.1, 0.15) is 0 Å². The molecule has 2 N–H and O–H groups in total. The van der Waals surface area contributed by atoms with Crippen molar-refractivity contribution in [1.29, 1.82) is 0 Å².